The van der Waals surface area contributed by atoms with Crippen LogP contribution in [0.2, 0.25) is 0 Å². The first kappa shape index (κ1) is 18.8. The standard InChI is InChI=1S/C15H19F3N2O.ClH/c1-20(14(21)9-12-6-4-8-19-12)10-11-5-2-3-7-13(11)15(16,17)18;/h2-3,5,7,12,19H,4,6,8-10H2,1H3;1H. The molecule has 1 fully saturated rings. The molecule has 7 heteroatoms. The molecule has 1 saturated heterocycles. The summed E-state index contributed by atoms with van der Waals surface area (Å²) in [4.78, 5) is 13.4. The third-order valence-corrected chi connectivity index (χ3v) is 3.74. The molecule has 0 bridgehead atoms. The number of hydrogen-bond donors (Lipinski definition) is 1. The van der Waals surface area contributed by atoms with Crippen molar-refractivity contribution in [3.05, 3.63) is 35.4 Å². The summed E-state index contributed by atoms with van der Waals surface area (Å²) >= 11 is 0. The van der Waals surface area contributed by atoms with E-state index in [-0.39, 0.29) is 36.5 Å². The van der Waals surface area contributed by atoms with Crippen molar-refractivity contribution in [3.8, 4) is 0 Å². The highest BCUT2D eigenvalue weighted by Crippen LogP contribution is 2.32. The van der Waals surface area contributed by atoms with Gasteiger partial charge in [-0.2, -0.15) is 13.2 Å². The minimum Gasteiger partial charge on any atom is -0.341 e. The molecule has 3 nitrogen and oxygen atoms in total. The van der Waals surface area contributed by atoms with Crippen LogP contribution in [0.3, 0.4) is 0 Å². The molecule has 1 atom stereocenters. The lowest BCUT2D eigenvalue weighted by Crippen LogP contribution is -2.33. The second-order valence-electron chi connectivity index (χ2n) is 5.40. The SMILES string of the molecule is CN(Cc1ccccc1C(F)(F)F)C(=O)CC1CCCN1.Cl. The van der Waals surface area contributed by atoms with Crippen LogP contribution < -0.4 is 5.32 Å². The van der Waals surface area contributed by atoms with E-state index >= 15 is 0 Å². The fourth-order valence-corrected chi connectivity index (χ4v) is 2.58. The Balaban J connectivity index is 0.00000242. The largest absolute Gasteiger partial charge is 0.416 e. The maximum absolute atomic E-state index is 12.9. The number of hydrogen-bond acceptors (Lipinski definition) is 2. The summed E-state index contributed by atoms with van der Waals surface area (Å²) in [6.07, 6.45) is -2.07. The van der Waals surface area contributed by atoms with E-state index in [2.05, 4.69) is 5.32 Å². The van der Waals surface area contributed by atoms with Gasteiger partial charge in [0.2, 0.25) is 5.91 Å². The number of alkyl halides is 3. The minimum absolute atomic E-state index is 0. The van der Waals surface area contributed by atoms with Crippen molar-refractivity contribution in [1.29, 1.82) is 0 Å². The molecule has 124 valence electrons. The fraction of sp³-hybridized carbons (Fsp3) is 0.533. The molecular formula is C15H20ClF3N2O. The molecule has 22 heavy (non-hydrogen) atoms. The Morgan fingerprint density at radius 1 is 1.36 bits per heavy atom. The fourth-order valence-electron chi connectivity index (χ4n) is 2.58. The normalized spacial score (nSPS) is 17.9. The molecule has 1 heterocycles. The van der Waals surface area contributed by atoms with Crippen LogP contribution in [0.4, 0.5) is 13.2 Å². The highest BCUT2D eigenvalue weighted by atomic mass is 35.5. The van der Waals surface area contributed by atoms with Crippen molar-refractivity contribution in [2.45, 2.75) is 38.0 Å². The molecule has 2 rings (SSSR count). The average molecular weight is 337 g/mol. The summed E-state index contributed by atoms with van der Waals surface area (Å²) in [7, 11) is 1.55. The van der Waals surface area contributed by atoms with Gasteiger partial charge in [0.25, 0.3) is 0 Å². The molecule has 1 aromatic rings. The highest BCUT2D eigenvalue weighted by molar-refractivity contribution is 5.85. The van der Waals surface area contributed by atoms with Gasteiger partial charge >= 0.3 is 6.18 Å². The van der Waals surface area contributed by atoms with Crippen LogP contribution in [0.25, 0.3) is 0 Å². The summed E-state index contributed by atoms with van der Waals surface area (Å²) in [5.74, 6) is -0.133. The van der Waals surface area contributed by atoms with Crippen LogP contribution in [-0.2, 0) is 17.5 Å². The predicted octanol–water partition coefficient (Wildman–Crippen LogP) is 3.23. The van der Waals surface area contributed by atoms with E-state index in [0.29, 0.717) is 6.42 Å². The van der Waals surface area contributed by atoms with Crippen LogP contribution >= 0.6 is 12.4 Å². The molecule has 0 aromatic heterocycles. The first-order chi connectivity index (χ1) is 9.88. The van der Waals surface area contributed by atoms with Gasteiger partial charge in [-0.25, -0.2) is 0 Å². The number of carbonyl (C=O) groups excluding carboxylic acids is 1. The molecule has 0 saturated carbocycles. The Labute approximate surface area is 134 Å². The number of nitrogens with zero attached hydrogens (tertiary/aromatic N) is 1. The minimum atomic E-state index is -4.40. The summed E-state index contributed by atoms with van der Waals surface area (Å²) in [6, 6.07) is 5.53. The Morgan fingerprint density at radius 3 is 2.64 bits per heavy atom. The molecule has 1 aliphatic rings. The van der Waals surface area contributed by atoms with Crippen LogP contribution in [0.1, 0.15) is 30.4 Å². The first-order valence-electron chi connectivity index (χ1n) is 7.00. The van der Waals surface area contributed by atoms with Crippen molar-refractivity contribution in [2.24, 2.45) is 0 Å². The molecular weight excluding hydrogens is 317 g/mol. The van der Waals surface area contributed by atoms with E-state index in [1.807, 2.05) is 0 Å². The van der Waals surface area contributed by atoms with Crippen molar-refractivity contribution in [2.75, 3.05) is 13.6 Å². The van der Waals surface area contributed by atoms with Crippen LogP contribution in [0.15, 0.2) is 24.3 Å². The van der Waals surface area contributed by atoms with E-state index in [1.54, 1.807) is 13.1 Å². The van der Waals surface area contributed by atoms with E-state index in [9.17, 15) is 18.0 Å². The molecule has 0 spiro atoms. The monoisotopic (exact) mass is 336 g/mol. The molecule has 1 amide bonds. The second-order valence-corrected chi connectivity index (χ2v) is 5.40. The van der Waals surface area contributed by atoms with E-state index < -0.39 is 11.7 Å². The Morgan fingerprint density at radius 2 is 2.05 bits per heavy atom. The zero-order chi connectivity index (χ0) is 15.5. The van der Waals surface area contributed by atoms with E-state index in [1.165, 1.54) is 17.0 Å². The third-order valence-electron chi connectivity index (χ3n) is 3.74. The Hall–Kier alpha value is -1.27. The lowest BCUT2D eigenvalue weighted by atomic mass is 10.1. The molecule has 0 radical (unpaired) electrons. The number of nitrogens with one attached hydrogen (secondary N) is 1. The van der Waals surface area contributed by atoms with Crippen LogP contribution in [-0.4, -0.2) is 30.4 Å². The lowest BCUT2D eigenvalue weighted by Gasteiger charge is -2.21. The number of benzene rings is 1. The third kappa shape index (κ3) is 4.88. The van der Waals surface area contributed by atoms with Gasteiger partial charge in [-0.15, -0.1) is 12.4 Å². The van der Waals surface area contributed by atoms with Gasteiger partial charge in [0.05, 0.1) is 5.56 Å². The van der Waals surface area contributed by atoms with Crippen molar-refractivity contribution < 1.29 is 18.0 Å². The van der Waals surface area contributed by atoms with Gasteiger partial charge in [0.1, 0.15) is 0 Å². The zero-order valence-electron chi connectivity index (χ0n) is 12.3. The average Bonchev–Trinajstić information content (AvgIpc) is 2.91. The van der Waals surface area contributed by atoms with Crippen molar-refractivity contribution in [1.82, 2.24) is 10.2 Å². The van der Waals surface area contributed by atoms with Gasteiger partial charge in [-0.3, -0.25) is 4.79 Å². The Bertz CT molecular complexity index is 502. The maximum atomic E-state index is 12.9. The molecule has 0 aliphatic carbocycles. The summed E-state index contributed by atoms with van der Waals surface area (Å²) in [5.41, 5.74) is -0.552. The number of rotatable bonds is 4. The number of carbonyl (C=O) groups is 1. The van der Waals surface area contributed by atoms with Gasteiger partial charge in [-0.1, -0.05) is 18.2 Å². The van der Waals surface area contributed by atoms with E-state index in [0.717, 1.165) is 25.5 Å². The summed E-state index contributed by atoms with van der Waals surface area (Å²) in [6.45, 7) is 0.875. The van der Waals surface area contributed by atoms with Crippen molar-refractivity contribution >= 4 is 18.3 Å². The highest BCUT2D eigenvalue weighted by Gasteiger charge is 2.33. The molecule has 1 aliphatic heterocycles. The zero-order valence-corrected chi connectivity index (χ0v) is 13.1. The van der Waals surface area contributed by atoms with Gasteiger partial charge in [0.15, 0.2) is 0 Å². The molecule has 1 aromatic carbocycles. The van der Waals surface area contributed by atoms with Crippen LogP contribution in [0, 0.1) is 0 Å². The molecule has 1 N–H and O–H groups in total. The van der Waals surface area contributed by atoms with Gasteiger partial charge in [0, 0.05) is 26.1 Å². The van der Waals surface area contributed by atoms with Gasteiger partial charge in [-0.05, 0) is 31.0 Å². The van der Waals surface area contributed by atoms with Gasteiger partial charge < -0.3 is 10.2 Å². The maximum Gasteiger partial charge on any atom is 0.416 e. The summed E-state index contributed by atoms with van der Waals surface area (Å²) < 4.78 is 38.7. The van der Waals surface area contributed by atoms with E-state index in [4.69, 9.17) is 0 Å². The van der Waals surface area contributed by atoms with Crippen LogP contribution in [0.5, 0.6) is 0 Å². The second kappa shape index (κ2) is 7.83. The number of halogens is 4. The quantitative estimate of drug-likeness (QED) is 0.915. The smallest absolute Gasteiger partial charge is 0.341 e. The topological polar surface area (TPSA) is 32.3 Å². The predicted molar refractivity (Wildman–Crippen MR) is 80.8 cm³/mol. The summed E-state index contributed by atoms with van der Waals surface area (Å²) in [5, 5.41) is 3.21. The van der Waals surface area contributed by atoms with Crippen molar-refractivity contribution in [3.63, 3.8) is 0 Å². The number of amides is 1. The molecule has 1 unspecified atom stereocenters. The lowest BCUT2D eigenvalue weighted by molar-refractivity contribution is -0.139. The Kier molecular flexibility index (Phi) is 6.68. The first-order valence-corrected chi connectivity index (χ1v) is 7.00.